The Balaban J connectivity index is 1.89. The van der Waals surface area contributed by atoms with Crippen LogP contribution in [0.2, 0.25) is 0 Å². The predicted octanol–water partition coefficient (Wildman–Crippen LogP) is 3.65. The van der Waals surface area contributed by atoms with Crippen LogP contribution in [-0.2, 0) is 6.54 Å². The third-order valence-corrected chi connectivity index (χ3v) is 4.05. The summed E-state index contributed by atoms with van der Waals surface area (Å²) in [6.45, 7) is 5.39. The van der Waals surface area contributed by atoms with Crippen LogP contribution < -0.4 is 5.32 Å². The van der Waals surface area contributed by atoms with Crippen molar-refractivity contribution in [2.45, 2.75) is 39.3 Å². The Bertz CT molecular complexity index is 344. The van der Waals surface area contributed by atoms with Gasteiger partial charge < -0.3 is 5.32 Å². The van der Waals surface area contributed by atoms with Crippen molar-refractivity contribution < 1.29 is 0 Å². The SMILES string of the molecule is Cc1ccc(CNC(C)C2CC2)cc1Br. The maximum atomic E-state index is 3.59. The fourth-order valence-corrected chi connectivity index (χ4v) is 2.21. The molecule has 1 N–H and O–H groups in total. The van der Waals surface area contributed by atoms with Gasteiger partial charge >= 0.3 is 0 Å². The molecule has 0 radical (unpaired) electrons. The van der Waals surface area contributed by atoms with Crippen molar-refractivity contribution in [1.82, 2.24) is 5.32 Å². The van der Waals surface area contributed by atoms with Crippen molar-refractivity contribution in [2.75, 3.05) is 0 Å². The maximum Gasteiger partial charge on any atom is 0.0208 e. The van der Waals surface area contributed by atoms with E-state index in [1.54, 1.807) is 0 Å². The minimum Gasteiger partial charge on any atom is -0.310 e. The van der Waals surface area contributed by atoms with Crippen molar-refractivity contribution in [3.05, 3.63) is 33.8 Å². The molecule has 0 spiro atoms. The summed E-state index contributed by atoms with van der Waals surface area (Å²) in [7, 11) is 0. The number of halogens is 1. The van der Waals surface area contributed by atoms with Crippen LogP contribution in [0.5, 0.6) is 0 Å². The Labute approximate surface area is 100 Å². The third-order valence-electron chi connectivity index (χ3n) is 3.19. The first-order valence-electron chi connectivity index (χ1n) is 5.65. The van der Waals surface area contributed by atoms with E-state index in [-0.39, 0.29) is 0 Å². The van der Waals surface area contributed by atoms with Crippen LogP contribution in [0.3, 0.4) is 0 Å². The van der Waals surface area contributed by atoms with Gasteiger partial charge in [-0.05, 0) is 49.8 Å². The lowest BCUT2D eigenvalue weighted by atomic mass is 10.1. The molecule has 15 heavy (non-hydrogen) atoms. The molecule has 82 valence electrons. The molecule has 1 aromatic rings. The van der Waals surface area contributed by atoms with Gasteiger partial charge in [0, 0.05) is 17.1 Å². The summed E-state index contributed by atoms with van der Waals surface area (Å²) < 4.78 is 1.21. The molecule has 1 aliphatic carbocycles. The van der Waals surface area contributed by atoms with E-state index in [0.29, 0.717) is 6.04 Å². The van der Waals surface area contributed by atoms with E-state index in [2.05, 4.69) is 53.3 Å². The molecular weight excluding hydrogens is 250 g/mol. The summed E-state index contributed by atoms with van der Waals surface area (Å²) in [5.74, 6) is 0.930. The van der Waals surface area contributed by atoms with Crippen molar-refractivity contribution >= 4 is 15.9 Å². The lowest BCUT2D eigenvalue weighted by molar-refractivity contribution is 0.496. The highest BCUT2D eigenvalue weighted by Gasteiger charge is 2.27. The molecule has 0 aromatic heterocycles. The average molecular weight is 268 g/mol. The van der Waals surface area contributed by atoms with E-state index < -0.39 is 0 Å². The molecule has 1 saturated carbocycles. The van der Waals surface area contributed by atoms with E-state index in [4.69, 9.17) is 0 Å². The van der Waals surface area contributed by atoms with Gasteiger partial charge in [0.25, 0.3) is 0 Å². The predicted molar refractivity (Wildman–Crippen MR) is 67.9 cm³/mol. The van der Waals surface area contributed by atoms with Crippen LogP contribution in [0.4, 0.5) is 0 Å². The number of benzene rings is 1. The first-order valence-corrected chi connectivity index (χ1v) is 6.44. The van der Waals surface area contributed by atoms with Gasteiger partial charge in [0.2, 0.25) is 0 Å². The molecule has 0 amide bonds. The van der Waals surface area contributed by atoms with Crippen molar-refractivity contribution in [3.63, 3.8) is 0 Å². The summed E-state index contributed by atoms with van der Waals surface area (Å²) >= 11 is 3.57. The van der Waals surface area contributed by atoms with Crippen LogP contribution in [-0.4, -0.2) is 6.04 Å². The van der Waals surface area contributed by atoms with Gasteiger partial charge in [-0.25, -0.2) is 0 Å². The molecule has 0 heterocycles. The molecule has 0 bridgehead atoms. The van der Waals surface area contributed by atoms with Gasteiger partial charge in [0.1, 0.15) is 0 Å². The molecule has 0 saturated heterocycles. The Hall–Kier alpha value is -0.340. The monoisotopic (exact) mass is 267 g/mol. The average Bonchev–Trinajstić information content (AvgIpc) is 3.03. The Morgan fingerprint density at radius 2 is 2.20 bits per heavy atom. The Morgan fingerprint density at radius 1 is 1.47 bits per heavy atom. The van der Waals surface area contributed by atoms with Crippen LogP contribution in [0.25, 0.3) is 0 Å². The fourth-order valence-electron chi connectivity index (χ4n) is 1.79. The number of nitrogens with one attached hydrogen (secondary N) is 1. The zero-order chi connectivity index (χ0) is 10.8. The van der Waals surface area contributed by atoms with Crippen molar-refractivity contribution in [1.29, 1.82) is 0 Å². The minimum absolute atomic E-state index is 0.671. The van der Waals surface area contributed by atoms with Crippen LogP contribution in [0, 0.1) is 12.8 Å². The van der Waals surface area contributed by atoms with Gasteiger partial charge in [0.15, 0.2) is 0 Å². The number of aryl methyl sites for hydroxylation is 1. The second-order valence-corrected chi connectivity index (χ2v) is 5.44. The normalized spacial score (nSPS) is 17.8. The van der Waals surface area contributed by atoms with E-state index >= 15 is 0 Å². The topological polar surface area (TPSA) is 12.0 Å². The summed E-state index contributed by atoms with van der Waals surface area (Å²) in [4.78, 5) is 0. The molecule has 1 fully saturated rings. The standard InChI is InChI=1S/C13H18BrN/c1-9-3-4-11(7-13(9)14)8-15-10(2)12-5-6-12/h3-4,7,10,12,15H,5-6,8H2,1-2H3. The van der Waals surface area contributed by atoms with Crippen molar-refractivity contribution in [2.24, 2.45) is 5.92 Å². The summed E-state index contributed by atoms with van der Waals surface area (Å²) in [6.07, 6.45) is 2.82. The highest BCUT2D eigenvalue weighted by Crippen LogP contribution is 2.32. The quantitative estimate of drug-likeness (QED) is 0.879. The zero-order valence-electron chi connectivity index (χ0n) is 9.39. The molecule has 1 unspecified atom stereocenters. The first-order chi connectivity index (χ1) is 7.16. The van der Waals surface area contributed by atoms with Gasteiger partial charge in [-0.3, -0.25) is 0 Å². The van der Waals surface area contributed by atoms with Crippen LogP contribution in [0.1, 0.15) is 30.9 Å². The third kappa shape index (κ3) is 3.05. The highest BCUT2D eigenvalue weighted by molar-refractivity contribution is 9.10. The summed E-state index contributed by atoms with van der Waals surface area (Å²) in [6, 6.07) is 7.25. The first kappa shape index (κ1) is 11.2. The van der Waals surface area contributed by atoms with Crippen LogP contribution in [0.15, 0.2) is 22.7 Å². The fraction of sp³-hybridized carbons (Fsp3) is 0.538. The maximum absolute atomic E-state index is 3.59. The molecule has 1 nitrogen and oxygen atoms in total. The zero-order valence-corrected chi connectivity index (χ0v) is 11.0. The number of hydrogen-bond acceptors (Lipinski definition) is 1. The largest absolute Gasteiger partial charge is 0.310 e. The molecule has 1 aliphatic rings. The Kier molecular flexibility index (Phi) is 3.47. The molecular formula is C13H18BrN. The Morgan fingerprint density at radius 3 is 2.80 bits per heavy atom. The summed E-state index contributed by atoms with van der Waals surface area (Å²) in [5, 5.41) is 3.59. The van der Waals surface area contributed by atoms with Crippen molar-refractivity contribution in [3.8, 4) is 0 Å². The van der Waals surface area contributed by atoms with Gasteiger partial charge in [-0.2, -0.15) is 0 Å². The van der Waals surface area contributed by atoms with Gasteiger partial charge in [-0.15, -0.1) is 0 Å². The summed E-state index contributed by atoms with van der Waals surface area (Å²) in [5.41, 5.74) is 2.66. The lowest BCUT2D eigenvalue weighted by Crippen LogP contribution is -2.27. The van der Waals surface area contributed by atoms with E-state index in [9.17, 15) is 0 Å². The molecule has 2 rings (SSSR count). The molecule has 1 aromatic carbocycles. The molecule has 0 aliphatic heterocycles. The van der Waals surface area contributed by atoms with E-state index in [1.807, 2.05) is 0 Å². The second-order valence-electron chi connectivity index (χ2n) is 4.59. The van der Waals surface area contributed by atoms with Crippen LogP contribution >= 0.6 is 15.9 Å². The number of rotatable bonds is 4. The van der Waals surface area contributed by atoms with Gasteiger partial charge in [-0.1, -0.05) is 28.1 Å². The van der Waals surface area contributed by atoms with E-state index in [0.717, 1.165) is 12.5 Å². The second kappa shape index (κ2) is 4.67. The highest BCUT2D eigenvalue weighted by atomic mass is 79.9. The smallest absolute Gasteiger partial charge is 0.0208 e. The lowest BCUT2D eigenvalue weighted by Gasteiger charge is -2.13. The van der Waals surface area contributed by atoms with E-state index in [1.165, 1.54) is 28.4 Å². The minimum atomic E-state index is 0.671. The molecule has 2 heteroatoms. The number of hydrogen-bond donors (Lipinski definition) is 1. The molecule has 1 atom stereocenters. The van der Waals surface area contributed by atoms with Gasteiger partial charge in [0.05, 0.1) is 0 Å².